The van der Waals surface area contributed by atoms with E-state index in [2.05, 4.69) is 15.0 Å². The molecule has 100 valence electrons. The molecule has 2 heterocycles. The van der Waals surface area contributed by atoms with E-state index in [1.807, 2.05) is 0 Å². The highest BCUT2D eigenvalue weighted by molar-refractivity contribution is 5.67. The summed E-state index contributed by atoms with van der Waals surface area (Å²) < 4.78 is 10.3. The van der Waals surface area contributed by atoms with E-state index in [0.29, 0.717) is 23.2 Å². The highest BCUT2D eigenvalue weighted by Gasteiger charge is 2.20. The zero-order valence-electron chi connectivity index (χ0n) is 10.7. The number of benzene rings is 1. The number of rotatable bonds is 3. The van der Waals surface area contributed by atoms with E-state index in [4.69, 9.17) is 9.26 Å². The van der Waals surface area contributed by atoms with Gasteiger partial charge in [-0.25, -0.2) is 0 Å². The molecule has 0 amide bonds. The van der Waals surface area contributed by atoms with E-state index < -0.39 is 0 Å². The molecule has 3 rings (SSSR count). The Hall–Kier alpha value is -2.24. The van der Waals surface area contributed by atoms with Gasteiger partial charge in [-0.3, -0.25) is 0 Å². The lowest BCUT2D eigenvalue weighted by Crippen LogP contribution is -2.18. The van der Waals surface area contributed by atoms with E-state index in [9.17, 15) is 5.11 Å². The third-order valence-corrected chi connectivity index (χ3v) is 3.25. The van der Waals surface area contributed by atoms with Crippen molar-refractivity contribution in [3.63, 3.8) is 0 Å². The van der Waals surface area contributed by atoms with Crippen molar-refractivity contribution in [2.45, 2.75) is 12.8 Å². The Morgan fingerprint density at radius 2 is 2.11 bits per heavy atom. The first-order valence-electron chi connectivity index (χ1n) is 6.24. The maximum atomic E-state index is 10.1. The molecule has 0 radical (unpaired) electrons. The van der Waals surface area contributed by atoms with Crippen molar-refractivity contribution >= 4 is 5.95 Å². The van der Waals surface area contributed by atoms with Gasteiger partial charge in [-0.05, 0) is 30.1 Å². The van der Waals surface area contributed by atoms with Gasteiger partial charge in [-0.15, -0.1) is 0 Å². The van der Waals surface area contributed by atoms with Crippen LogP contribution in [0.25, 0.3) is 11.5 Å². The topological polar surface area (TPSA) is 71.6 Å². The summed E-state index contributed by atoms with van der Waals surface area (Å²) in [5, 5.41) is 14.0. The highest BCUT2D eigenvalue weighted by atomic mass is 16.5. The first kappa shape index (κ1) is 11.8. The number of phenolic OH excluding ortho intramolecular Hbond substituents is 1. The summed E-state index contributed by atoms with van der Waals surface area (Å²) in [5.74, 6) is 1.29. The van der Waals surface area contributed by atoms with Crippen LogP contribution in [0.4, 0.5) is 5.95 Å². The number of para-hydroxylation sites is 1. The van der Waals surface area contributed by atoms with Gasteiger partial charge in [-0.1, -0.05) is 6.07 Å². The molecule has 2 aromatic rings. The Labute approximate surface area is 110 Å². The molecule has 0 unspecified atom stereocenters. The highest BCUT2D eigenvalue weighted by Crippen LogP contribution is 2.36. The fourth-order valence-electron chi connectivity index (χ4n) is 2.23. The van der Waals surface area contributed by atoms with Gasteiger partial charge in [0.05, 0.1) is 12.7 Å². The summed E-state index contributed by atoms with van der Waals surface area (Å²) >= 11 is 0. The van der Waals surface area contributed by atoms with Crippen LogP contribution >= 0.6 is 0 Å². The normalized spacial score (nSPS) is 14.9. The average Bonchev–Trinajstić information content (AvgIpc) is 3.09. The molecular formula is C13H15N3O3. The van der Waals surface area contributed by atoms with Gasteiger partial charge in [0.15, 0.2) is 11.5 Å². The van der Waals surface area contributed by atoms with Gasteiger partial charge < -0.3 is 19.3 Å². The minimum Gasteiger partial charge on any atom is -0.504 e. The molecule has 0 bridgehead atoms. The first-order valence-corrected chi connectivity index (χ1v) is 6.24. The second-order valence-corrected chi connectivity index (χ2v) is 4.45. The van der Waals surface area contributed by atoms with Gasteiger partial charge in [0.25, 0.3) is 11.8 Å². The molecule has 1 N–H and O–H groups in total. The average molecular weight is 261 g/mol. The van der Waals surface area contributed by atoms with Gasteiger partial charge in [-0.2, -0.15) is 4.98 Å². The summed E-state index contributed by atoms with van der Waals surface area (Å²) in [7, 11) is 1.50. The maximum absolute atomic E-state index is 10.1. The molecule has 1 aliphatic heterocycles. The lowest BCUT2D eigenvalue weighted by molar-refractivity contribution is 0.371. The molecule has 0 spiro atoms. The molecule has 0 saturated carbocycles. The van der Waals surface area contributed by atoms with Crippen LogP contribution < -0.4 is 9.64 Å². The summed E-state index contributed by atoms with van der Waals surface area (Å²) in [4.78, 5) is 6.40. The number of aromatic nitrogens is 2. The van der Waals surface area contributed by atoms with Crippen LogP contribution in [0.2, 0.25) is 0 Å². The van der Waals surface area contributed by atoms with Crippen molar-refractivity contribution in [3.05, 3.63) is 18.2 Å². The van der Waals surface area contributed by atoms with Crippen molar-refractivity contribution in [1.29, 1.82) is 0 Å². The van der Waals surface area contributed by atoms with Crippen LogP contribution in [0.5, 0.6) is 11.5 Å². The predicted molar refractivity (Wildman–Crippen MR) is 69.4 cm³/mol. The van der Waals surface area contributed by atoms with Crippen molar-refractivity contribution in [3.8, 4) is 23.0 Å². The van der Waals surface area contributed by atoms with Crippen LogP contribution in [0.15, 0.2) is 22.7 Å². The Morgan fingerprint density at radius 1 is 1.32 bits per heavy atom. The van der Waals surface area contributed by atoms with Crippen molar-refractivity contribution in [1.82, 2.24) is 10.1 Å². The smallest absolute Gasteiger partial charge is 0.266 e. The number of methoxy groups -OCH3 is 1. The molecule has 1 aliphatic rings. The number of hydrogen-bond acceptors (Lipinski definition) is 6. The maximum Gasteiger partial charge on any atom is 0.266 e. The number of anilines is 1. The minimum atomic E-state index is 0.0154. The van der Waals surface area contributed by atoms with Crippen molar-refractivity contribution in [2.75, 3.05) is 25.1 Å². The molecule has 6 nitrogen and oxygen atoms in total. The second-order valence-electron chi connectivity index (χ2n) is 4.45. The van der Waals surface area contributed by atoms with Crippen molar-refractivity contribution in [2.24, 2.45) is 0 Å². The second kappa shape index (κ2) is 4.79. The van der Waals surface area contributed by atoms with E-state index in [1.54, 1.807) is 18.2 Å². The van der Waals surface area contributed by atoms with Crippen LogP contribution in [-0.2, 0) is 0 Å². The summed E-state index contributed by atoms with van der Waals surface area (Å²) in [5.41, 5.74) is 0.484. The Balaban J connectivity index is 1.94. The van der Waals surface area contributed by atoms with E-state index in [1.165, 1.54) is 7.11 Å². The van der Waals surface area contributed by atoms with E-state index >= 15 is 0 Å². The minimum absolute atomic E-state index is 0.0154. The third-order valence-electron chi connectivity index (χ3n) is 3.25. The molecule has 1 fully saturated rings. The van der Waals surface area contributed by atoms with Crippen LogP contribution in [0.1, 0.15) is 12.8 Å². The summed E-state index contributed by atoms with van der Waals surface area (Å²) in [6.07, 6.45) is 2.29. The molecule has 1 aromatic carbocycles. The number of nitrogens with zero attached hydrogens (tertiary/aromatic N) is 3. The molecule has 6 heteroatoms. The fraction of sp³-hybridized carbons (Fsp3) is 0.385. The number of hydrogen-bond donors (Lipinski definition) is 1. The lowest BCUT2D eigenvalue weighted by atomic mass is 10.2. The standard InChI is InChI=1S/C13H15N3O3/c1-18-10-6-4-5-9(11(10)17)12-14-13(15-19-12)16-7-2-3-8-16/h4-6,17H,2-3,7-8H2,1H3. The largest absolute Gasteiger partial charge is 0.504 e. The van der Waals surface area contributed by atoms with E-state index in [0.717, 1.165) is 25.9 Å². The van der Waals surface area contributed by atoms with Gasteiger partial charge in [0.2, 0.25) is 0 Å². The zero-order chi connectivity index (χ0) is 13.2. The Kier molecular flexibility index (Phi) is 2.98. The SMILES string of the molecule is COc1cccc(-c2nc(N3CCCC3)no2)c1O. The number of ether oxygens (including phenoxy) is 1. The number of aromatic hydroxyl groups is 1. The molecule has 0 atom stereocenters. The van der Waals surface area contributed by atoms with Crippen LogP contribution in [0.3, 0.4) is 0 Å². The predicted octanol–water partition coefficient (Wildman–Crippen LogP) is 2.05. The molecular weight excluding hydrogens is 246 g/mol. The molecule has 0 aliphatic carbocycles. The lowest BCUT2D eigenvalue weighted by Gasteiger charge is -2.09. The van der Waals surface area contributed by atoms with Gasteiger partial charge in [0, 0.05) is 13.1 Å². The van der Waals surface area contributed by atoms with Crippen molar-refractivity contribution < 1.29 is 14.4 Å². The van der Waals surface area contributed by atoms with E-state index in [-0.39, 0.29) is 5.75 Å². The summed E-state index contributed by atoms with van der Waals surface area (Å²) in [6.45, 7) is 1.89. The Morgan fingerprint density at radius 3 is 2.84 bits per heavy atom. The summed E-state index contributed by atoms with van der Waals surface area (Å²) in [6, 6.07) is 5.17. The van der Waals surface area contributed by atoms with Gasteiger partial charge >= 0.3 is 0 Å². The van der Waals surface area contributed by atoms with Crippen LogP contribution in [0, 0.1) is 0 Å². The number of phenols is 1. The monoisotopic (exact) mass is 261 g/mol. The third kappa shape index (κ3) is 2.09. The fourth-order valence-corrected chi connectivity index (χ4v) is 2.23. The molecule has 1 aromatic heterocycles. The molecule has 1 saturated heterocycles. The van der Waals surface area contributed by atoms with Gasteiger partial charge in [0.1, 0.15) is 0 Å². The zero-order valence-corrected chi connectivity index (χ0v) is 10.7. The quantitative estimate of drug-likeness (QED) is 0.911. The Bertz CT molecular complexity index is 576. The van der Waals surface area contributed by atoms with Crippen LogP contribution in [-0.4, -0.2) is 35.4 Å². The first-order chi connectivity index (χ1) is 9.29. The molecule has 19 heavy (non-hydrogen) atoms.